The van der Waals surface area contributed by atoms with Gasteiger partial charge >= 0.3 is 0 Å². The van der Waals surface area contributed by atoms with Crippen LogP contribution in [0.3, 0.4) is 0 Å². The third-order valence-electron chi connectivity index (χ3n) is 5.46. The molecule has 0 amide bonds. The van der Waals surface area contributed by atoms with Gasteiger partial charge in [0.25, 0.3) is 0 Å². The van der Waals surface area contributed by atoms with Crippen LogP contribution in [0.15, 0.2) is 18.2 Å². The monoisotopic (exact) mass is 287 g/mol. The first kappa shape index (κ1) is 16.2. The number of benzene rings is 1. The third kappa shape index (κ3) is 3.21. The molecule has 1 aliphatic rings. The van der Waals surface area contributed by atoms with Gasteiger partial charge in [0.05, 0.1) is 5.54 Å². The zero-order valence-corrected chi connectivity index (χ0v) is 14.2. The van der Waals surface area contributed by atoms with Gasteiger partial charge in [-0.2, -0.15) is 0 Å². The number of aryl methyl sites for hydroxylation is 2. The molecule has 1 aliphatic carbocycles. The summed E-state index contributed by atoms with van der Waals surface area (Å²) in [5.41, 5.74) is 3.45. The van der Waals surface area contributed by atoms with Crippen molar-refractivity contribution in [3.63, 3.8) is 0 Å². The number of nitrogens with zero attached hydrogens (tertiary/aromatic N) is 1. The molecular formula is C19H29NO. The van der Waals surface area contributed by atoms with E-state index < -0.39 is 0 Å². The molecule has 0 bridgehead atoms. The van der Waals surface area contributed by atoms with Crippen molar-refractivity contribution in [2.75, 3.05) is 14.1 Å². The summed E-state index contributed by atoms with van der Waals surface area (Å²) in [7, 11) is 4.14. The van der Waals surface area contributed by atoms with Crippen molar-refractivity contribution >= 4 is 5.78 Å². The van der Waals surface area contributed by atoms with E-state index in [-0.39, 0.29) is 5.54 Å². The van der Waals surface area contributed by atoms with Crippen LogP contribution in [0.25, 0.3) is 0 Å². The van der Waals surface area contributed by atoms with Crippen molar-refractivity contribution in [1.29, 1.82) is 0 Å². The fourth-order valence-corrected chi connectivity index (χ4v) is 3.67. The second-order valence-electron chi connectivity index (χ2n) is 7.08. The minimum Gasteiger partial charge on any atom is -0.297 e. The minimum atomic E-state index is -0.249. The predicted molar refractivity (Wildman–Crippen MR) is 88.7 cm³/mol. The van der Waals surface area contributed by atoms with E-state index in [1.54, 1.807) is 0 Å². The predicted octanol–water partition coefficient (Wildman–Crippen LogP) is 3.93. The molecule has 1 aromatic carbocycles. The van der Waals surface area contributed by atoms with Crippen LogP contribution >= 0.6 is 0 Å². The van der Waals surface area contributed by atoms with E-state index >= 15 is 0 Å². The molecule has 0 N–H and O–H groups in total. The minimum absolute atomic E-state index is 0.249. The molecule has 0 radical (unpaired) electrons. The molecular weight excluding hydrogens is 258 g/mol. The first-order valence-corrected chi connectivity index (χ1v) is 8.12. The van der Waals surface area contributed by atoms with Gasteiger partial charge in [-0.15, -0.1) is 0 Å². The average Bonchev–Trinajstić information content (AvgIpc) is 2.43. The van der Waals surface area contributed by atoms with E-state index in [4.69, 9.17) is 0 Å². The van der Waals surface area contributed by atoms with E-state index in [2.05, 4.69) is 58.0 Å². The lowest BCUT2D eigenvalue weighted by molar-refractivity contribution is -0.131. The Morgan fingerprint density at radius 3 is 2.19 bits per heavy atom. The van der Waals surface area contributed by atoms with Crippen LogP contribution in [0.2, 0.25) is 0 Å². The normalized spacial score (nSPS) is 26.1. The fourth-order valence-electron chi connectivity index (χ4n) is 3.67. The molecule has 2 heteroatoms. The highest BCUT2D eigenvalue weighted by molar-refractivity contribution is 5.90. The second-order valence-corrected chi connectivity index (χ2v) is 7.08. The van der Waals surface area contributed by atoms with Gasteiger partial charge in [-0.3, -0.25) is 9.69 Å². The second kappa shape index (κ2) is 6.31. The summed E-state index contributed by atoms with van der Waals surface area (Å²) < 4.78 is 0. The number of hydrogen-bond donors (Lipinski definition) is 0. The van der Waals surface area contributed by atoms with Gasteiger partial charge in [0.15, 0.2) is 5.78 Å². The van der Waals surface area contributed by atoms with Gasteiger partial charge in [-0.1, -0.05) is 25.1 Å². The number of rotatable bonds is 4. The van der Waals surface area contributed by atoms with Gasteiger partial charge in [-0.05, 0) is 76.2 Å². The van der Waals surface area contributed by atoms with Crippen LogP contribution in [0.4, 0.5) is 0 Å². The maximum absolute atomic E-state index is 13.1. The van der Waals surface area contributed by atoms with Gasteiger partial charge < -0.3 is 0 Å². The SMILES string of the molecule is Cc1cccc(C)c1CC(=O)C1(N(C)C)CCC(C)CC1. The molecule has 0 aliphatic heterocycles. The fraction of sp³-hybridized carbons (Fsp3) is 0.632. The molecule has 0 unspecified atom stereocenters. The maximum Gasteiger partial charge on any atom is 0.157 e. The number of carbonyl (C=O) groups is 1. The lowest BCUT2D eigenvalue weighted by Gasteiger charge is -2.43. The summed E-state index contributed by atoms with van der Waals surface area (Å²) in [5, 5.41) is 0. The van der Waals surface area contributed by atoms with E-state index in [1.165, 1.54) is 16.7 Å². The molecule has 21 heavy (non-hydrogen) atoms. The molecule has 0 atom stereocenters. The molecule has 1 aromatic rings. The van der Waals surface area contributed by atoms with Crippen molar-refractivity contribution < 1.29 is 4.79 Å². The standard InChI is InChI=1S/C19H29NO/c1-14-9-11-19(12-10-14,20(4)5)18(21)13-17-15(2)7-6-8-16(17)3/h6-8,14H,9-13H2,1-5H3. The van der Waals surface area contributed by atoms with Crippen LogP contribution in [0.5, 0.6) is 0 Å². The Balaban J connectivity index is 2.24. The molecule has 1 fully saturated rings. The van der Waals surface area contributed by atoms with Gasteiger partial charge in [0.1, 0.15) is 0 Å². The molecule has 0 aromatic heterocycles. The highest BCUT2D eigenvalue weighted by Gasteiger charge is 2.42. The van der Waals surface area contributed by atoms with E-state index in [1.807, 2.05) is 0 Å². The number of Topliss-reactive ketones (excluding diaryl/α,β-unsaturated/α-hetero) is 1. The summed E-state index contributed by atoms with van der Waals surface area (Å²) >= 11 is 0. The molecule has 2 rings (SSSR count). The summed E-state index contributed by atoms with van der Waals surface area (Å²) in [4.78, 5) is 15.3. The van der Waals surface area contributed by atoms with Crippen LogP contribution in [-0.2, 0) is 11.2 Å². The van der Waals surface area contributed by atoms with Crippen molar-refractivity contribution in [3.8, 4) is 0 Å². The van der Waals surface area contributed by atoms with E-state index in [0.717, 1.165) is 31.6 Å². The highest BCUT2D eigenvalue weighted by atomic mass is 16.1. The molecule has 0 saturated heterocycles. The van der Waals surface area contributed by atoms with Crippen LogP contribution in [0.1, 0.15) is 49.3 Å². The van der Waals surface area contributed by atoms with Gasteiger partial charge in [-0.25, -0.2) is 0 Å². The first-order valence-electron chi connectivity index (χ1n) is 8.12. The Labute approximate surface area is 129 Å². The Morgan fingerprint density at radius 2 is 1.71 bits per heavy atom. The van der Waals surface area contributed by atoms with E-state index in [0.29, 0.717) is 12.2 Å². The quantitative estimate of drug-likeness (QED) is 0.836. The Kier molecular flexibility index (Phi) is 4.88. The third-order valence-corrected chi connectivity index (χ3v) is 5.46. The number of likely N-dealkylation sites (N-methyl/N-ethyl adjacent to an activating group) is 1. The Hall–Kier alpha value is -1.15. The van der Waals surface area contributed by atoms with Gasteiger partial charge in [0.2, 0.25) is 0 Å². The lowest BCUT2D eigenvalue weighted by Crippen LogP contribution is -2.53. The van der Waals surface area contributed by atoms with Crippen molar-refractivity contribution in [3.05, 3.63) is 34.9 Å². The largest absolute Gasteiger partial charge is 0.297 e. The van der Waals surface area contributed by atoms with Crippen molar-refractivity contribution in [2.24, 2.45) is 5.92 Å². The zero-order valence-electron chi connectivity index (χ0n) is 14.2. The van der Waals surface area contributed by atoms with E-state index in [9.17, 15) is 4.79 Å². The Bertz CT molecular complexity index is 490. The maximum atomic E-state index is 13.1. The highest BCUT2D eigenvalue weighted by Crippen LogP contribution is 2.37. The molecule has 0 spiro atoms. The molecule has 0 heterocycles. The lowest BCUT2D eigenvalue weighted by atomic mass is 9.72. The average molecular weight is 287 g/mol. The topological polar surface area (TPSA) is 20.3 Å². The summed E-state index contributed by atoms with van der Waals surface area (Å²) in [6.45, 7) is 6.53. The van der Waals surface area contributed by atoms with Crippen LogP contribution in [0, 0.1) is 19.8 Å². The zero-order chi connectivity index (χ0) is 15.6. The number of carbonyl (C=O) groups excluding carboxylic acids is 1. The van der Waals surface area contributed by atoms with Crippen molar-refractivity contribution in [2.45, 2.75) is 58.4 Å². The molecule has 2 nitrogen and oxygen atoms in total. The number of hydrogen-bond acceptors (Lipinski definition) is 2. The van der Waals surface area contributed by atoms with Crippen LogP contribution in [-0.4, -0.2) is 30.3 Å². The first-order chi connectivity index (χ1) is 9.86. The summed E-state index contributed by atoms with van der Waals surface area (Å²) in [5.74, 6) is 1.16. The smallest absolute Gasteiger partial charge is 0.157 e. The summed E-state index contributed by atoms with van der Waals surface area (Å²) in [6.07, 6.45) is 4.91. The summed E-state index contributed by atoms with van der Waals surface area (Å²) in [6, 6.07) is 6.30. The van der Waals surface area contributed by atoms with Crippen LogP contribution < -0.4 is 0 Å². The number of ketones is 1. The van der Waals surface area contributed by atoms with Gasteiger partial charge in [0, 0.05) is 6.42 Å². The molecule has 1 saturated carbocycles. The Morgan fingerprint density at radius 1 is 1.19 bits per heavy atom. The van der Waals surface area contributed by atoms with Crippen molar-refractivity contribution in [1.82, 2.24) is 4.90 Å². The molecule has 116 valence electrons.